The molecule has 5 rings (SSSR count). The van der Waals surface area contributed by atoms with Gasteiger partial charge in [-0.05, 0) is 51.9 Å². The van der Waals surface area contributed by atoms with E-state index in [1.165, 1.54) is 5.56 Å². The van der Waals surface area contributed by atoms with Crippen molar-refractivity contribution >= 4 is 27.5 Å². The van der Waals surface area contributed by atoms with E-state index in [0.29, 0.717) is 5.92 Å². The second-order valence-corrected chi connectivity index (χ2v) is 10.0. The lowest BCUT2D eigenvalue weighted by atomic mass is 9.92. The summed E-state index contributed by atoms with van der Waals surface area (Å²) in [7, 11) is 0. The lowest BCUT2D eigenvalue weighted by Gasteiger charge is -2.24. The van der Waals surface area contributed by atoms with Crippen LogP contribution in [0.1, 0.15) is 55.0 Å². The zero-order valence-electron chi connectivity index (χ0n) is 21.1. The number of carbonyl (C=O) groups is 1. The predicted octanol–water partition coefficient (Wildman–Crippen LogP) is 8.63. The third-order valence-corrected chi connectivity index (χ3v) is 6.92. The van der Waals surface area contributed by atoms with Gasteiger partial charge in [0, 0.05) is 11.1 Å². The van der Waals surface area contributed by atoms with Crippen LogP contribution >= 0.6 is 0 Å². The maximum atomic E-state index is 13.6. The summed E-state index contributed by atoms with van der Waals surface area (Å²) in [5.74, 6) is 0.00317. The number of ether oxygens (including phenoxy) is 1. The zero-order valence-corrected chi connectivity index (χ0v) is 21.1. The van der Waals surface area contributed by atoms with Crippen molar-refractivity contribution in [3.05, 3.63) is 131 Å². The van der Waals surface area contributed by atoms with Gasteiger partial charge in [0.1, 0.15) is 0 Å². The van der Waals surface area contributed by atoms with Crippen molar-refractivity contribution < 1.29 is 9.53 Å². The number of rotatable bonds is 7. The van der Waals surface area contributed by atoms with E-state index in [4.69, 9.17) is 4.74 Å². The fraction of sp³-hybridized carbons (Fsp3) is 0.206. The summed E-state index contributed by atoms with van der Waals surface area (Å²) in [5, 5.41) is 4.45. The fourth-order valence-electron chi connectivity index (χ4n) is 5.02. The van der Waals surface area contributed by atoms with Crippen LogP contribution in [0.2, 0.25) is 0 Å². The summed E-state index contributed by atoms with van der Waals surface area (Å²) in [4.78, 5) is 13.6. The molecule has 0 spiro atoms. The van der Waals surface area contributed by atoms with Crippen LogP contribution < -0.4 is 0 Å². The van der Waals surface area contributed by atoms with E-state index in [1.54, 1.807) is 0 Å². The average Bonchev–Trinajstić information content (AvgIpc) is 2.91. The standard InChI is InChI=1S/C34H32O2/c1-23(2)22-25-18-20-26(21-19-25)24(3)34(35)36-33(31-16-8-12-27-10-4-6-14-29(27)31)32-17-9-13-28-11-5-7-15-30(28)32/h4-21,23-24,33H,22H2,1-3H3/t24-/m1/s1. The van der Waals surface area contributed by atoms with Gasteiger partial charge >= 0.3 is 5.97 Å². The van der Waals surface area contributed by atoms with Crippen LogP contribution in [-0.4, -0.2) is 5.97 Å². The Morgan fingerprint density at radius 2 is 1.14 bits per heavy atom. The molecule has 0 unspecified atom stereocenters. The van der Waals surface area contributed by atoms with Crippen LogP contribution in [-0.2, 0) is 16.0 Å². The van der Waals surface area contributed by atoms with Crippen molar-refractivity contribution in [1.82, 2.24) is 0 Å². The number of hydrogen-bond acceptors (Lipinski definition) is 2. The highest BCUT2D eigenvalue weighted by Gasteiger charge is 2.26. The Bertz CT molecular complexity index is 1410. The van der Waals surface area contributed by atoms with E-state index in [1.807, 2.05) is 43.3 Å². The number of carbonyl (C=O) groups excluding carboxylic acids is 1. The molecule has 0 aromatic heterocycles. The molecule has 0 N–H and O–H groups in total. The van der Waals surface area contributed by atoms with Crippen LogP contribution in [0, 0.1) is 5.92 Å². The molecule has 5 aromatic rings. The van der Waals surface area contributed by atoms with E-state index >= 15 is 0 Å². The highest BCUT2D eigenvalue weighted by atomic mass is 16.5. The lowest BCUT2D eigenvalue weighted by molar-refractivity contribution is -0.148. The van der Waals surface area contributed by atoms with Gasteiger partial charge in [-0.25, -0.2) is 0 Å². The van der Waals surface area contributed by atoms with Crippen LogP contribution in [0.3, 0.4) is 0 Å². The number of fused-ring (bicyclic) bond motifs is 2. The molecule has 0 amide bonds. The van der Waals surface area contributed by atoms with Gasteiger partial charge < -0.3 is 4.74 Å². The van der Waals surface area contributed by atoms with Crippen LogP contribution in [0.5, 0.6) is 0 Å². The zero-order chi connectivity index (χ0) is 25.1. The molecular formula is C34H32O2. The molecule has 0 aliphatic heterocycles. The Labute approximate surface area is 213 Å². The summed E-state index contributed by atoms with van der Waals surface area (Å²) in [6.45, 7) is 6.37. The molecule has 0 aliphatic carbocycles. The van der Waals surface area contributed by atoms with Crippen molar-refractivity contribution in [2.24, 2.45) is 5.92 Å². The third kappa shape index (κ3) is 4.90. The number of hydrogen-bond donors (Lipinski definition) is 0. The summed E-state index contributed by atoms with van der Waals surface area (Å²) in [6.07, 6.45) is 0.515. The molecule has 0 fully saturated rings. The minimum Gasteiger partial charge on any atom is -0.452 e. The van der Waals surface area contributed by atoms with Crippen LogP contribution in [0.4, 0.5) is 0 Å². The smallest absolute Gasteiger partial charge is 0.314 e. The monoisotopic (exact) mass is 472 g/mol. The molecule has 180 valence electrons. The maximum absolute atomic E-state index is 13.6. The molecule has 0 aliphatic rings. The first-order chi connectivity index (χ1) is 17.5. The highest BCUT2D eigenvalue weighted by Crippen LogP contribution is 2.37. The molecule has 36 heavy (non-hydrogen) atoms. The second-order valence-electron chi connectivity index (χ2n) is 10.0. The summed E-state index contributed by atoms with van der Waals surface area (Å²) < 4.78 is 6.41. The van der Waals surface area contributed by atoms with Crippen molar-refractivity contribution in [3.8, 4) is 0 Å². The first-order valence-corrected chi connectivity index (χ1v) is 12.8. The lowest BCUT2D eigenvalue weighted by Crippen LogP contribution is -2.18. The normalized spacial score (nSPS) is 12.4. The molecule has 0 saturated heterocycles. The number of esters is 1. The maximum Gasteiger partial charge on any atom is 0.314 e. The van der Waals surface area contributed by atoms with Gasteiger partial charge in [0.25, 0.3) is 0 Å². The third-order valence-electron chi connectivity index (χ3n) is 6.92. The molecule has 0 bridgehead atoms. The quantitative estimate of drug-likeness (QED) is 0.222. The topological polar surface area (TPSA) is 26.3 Å². The van der Waals surface area contributed by atoms with Gasteiger partial charge in [-0.15, -0.1) is 0 Å². The SMILES string of the molecule is CC(C)Cc1ccc([C@@H](C)C(=O)OC(c2cccc3ccccc23)c2cccc3ccccc23)cc1. The molecule has 2 nitrogen and oxygen atoms in total. The molecule has 0 radical (unpaired) electrons. The Morgan fingerprint density at radius 3 is 1.67 bits per heavy atom. The Hall–Kier alpha value is -3.91. The van der Waals surface area contributed by atoms with Gasteiger partial charge in [0.2, 0.25) is 0 Å². The minimum absolute atomic E-state index is 0.225. The van der Waals surface area contributed by atoms with Gasteiger partial charge in [-0.3, -0.25) is 4.79 Å². The summed E-state index contributed by atoms with van der Waals surface area (Å²) in [6, 6.07) is 37.4. The average molecular weight is 473 g/mol. The van der Waals surface area contributed by atoms with Crippen molar-refractivity contribution in [3.63, 3.8) is 0 Å². The summed E-state index contributed by atoms with van der Waals surface area (Å²) >= 11 is 0. The molecular weight excluding hydrogens is 440 g/mol. The molecule has 5 aromatic carbocycles. The molecule has 2 heteroatoms. The van der Waals surface area contributed by atoms with Gasteiger partial charge in [-0.1, -0.05) is 123 Å². The molecule has 0 heterocycles. The van der Waals surface area contributed by atoms with Crippen molar-refractivity contribution in [2.45, 2.75) is 39.2 Å². The van der Waals surface area contributed by atoms with Gasteiger partial charge in [0.15, 0.2) is 6.10 Å². The van der Waals surface area contributed by atoms with E-state index in [9.17, 15) is 4.79 Å². The van der Waals surface area contributed by atoms with Crippen molar-refractivity contribution in [1.29, 1.82) is 0 Å². The van der Waals surface area contributed by atoms with Crippen molar-refractivity contribution in [2.75, 3.05) is 0 Å². The van der Waals surface area contributed by atoms with E-state index in [2.05, 4.69) is 86.6 Å². The Kier molecular flexibility index (Phi) is 6.86. The van der Waals surface area contributed by atoms with Gasteiger partial charge in [0.05, 0.1) is 5.92 Å². The second kappa shape index (κ2) is 10.4. The summed E-state index contributed by atoms with van der Waals surface area (Å²) in [5.41, 5.74) is 4.26. The Morgan fingerprint density at radius 1 is 0.639 bits per heavy atom. The van der Waals surface area contributed by atoms with Gasteiger partial charge in [-0.2, -0.15) is 0 Å². The van der Waals surface area contributed by atoms with Crippen LogP contribution in [0.15, 0.2) is 109 Å². The largest absolute Gasteiger partial charge is 0.452 e. The van der Waals surface area contributed by atoms with Crippen LogP contribution in [0.25, 0.3) is 21.5 Å². The number of benzene rings is 5. The highest BCUT2D eigenvalue weighted by molar-refractivity contribution is 5.90. The van der Waals surface area contributed by atoms with E-state index in [0.717, 1.165) is 44.7 Å². The first kappa shape index (κ1) is 23.8. The predicted molar refractivity (Wildman–Crippen MR) is 149 cm³/mol. The minimum atomic E-state index is -0.516. The first-order valence-electron chi connectivity index (χ1n) is 12.8. The molecule has 1 atom stereocenters. The van der Waals surface area contributed by atoms with E-state index in [-0.39, 0.29) is 11.9 Å². The molecule has 0 saturated carbocycles. The van der Waals surface area contributed by atoms with E-state index < -0.39 is 6.10 Å². The fourth-order valence-corrected chi connectivity index (χ4v) is 5.02. The Balaban J connectivity index is 1.54.